The van der Waals surface area contributed by atoms with Gasteiger partial charge in [0.25, 0.3) is 0 Å². The van der Waals surface area contributed by atoms with Crippen LogP contribution < -0.4 is 5.32 Å². The Hall–Kier alpha value is -1.88. The highest BCUT2D eigenvalue weighted by Gasteiger charge is 2.23. The van der Waals surface area contributed by atoms with E-state index < -0.39 is 12.0 Å². The second kappa shape index (κ2) is 7.45. The summed E-state index contributed by atoms with van der Waals surface area (Å²) in [6.45, 7) is 2.17. The topological polar surface area (TPSA) is 64.6 Å². The Morgan fingerprint density at radius 1 is 1.28 bits per heavy atom. The van der Waals surface area contributed by atoms with Gasteiger partial charge in [0.1, 0.15) is 6.61 Å². The summed E-state index contributed by atoms with van der Waals surface area (Å²) in [5.41, 5.74) is 0.675. The van der Waals surface area contributed by atoms with Crippen LogP contribution in [0, 0.1) is 0 Å². The van der Waals surface area contributed by atoms with E-state index in [0.717, 1.165) is 0 Å². The minimum atomic E-state index is -0.802. The molecule has 1 N–H and O–H groups in total. The molecule has 0 aromatic heterocycles. The Balaban J connectivity index is 2.74. The van der Waals surface area contributed by atoms with Crippen LogP contribution in [0.4, 0.5) is 0 Å². The van der Waals surface area contributed by atoms with Gasteiger partial charge in [0.15, 0.2) is 6.04 Å². The van der Waals surface area contributed by atoms with E-state index in [1.165, 1.54) is 7.11 Å². The van der Waals surface area contributed by atoms with E-state index in [1.807, 2.05) is 6.07 Å². The molecule has 1 atom stereocenters. The van der Waals surface area contributed by atoms with E-state index in [4.69, 9.17) is 4.74 Å². The van der Waals surface area contributed by atoms with Crippen molar-refractivity contribution >= 4 is 11.9 Å². The van der Waals surface area contributed by atoms with Crippen LogP contribution in [0.25, 0.3) is 0 Å². The smallest absolute Gasteiger partial charge is 0.333 e. The van der Waals surface area contributed by atoms with Crippen molar-refractivity contribution in [2.24, 2.45) is 0 Å². The Morgan fingerprint density at radius 3 is 2.50 bits per heavy atom. The number of nitrogens with one attached hydrogen (secondary N) is 1. The van der Waals surface area contributed by atoms with Crippen LogP contribution in [0.2, 0.25) is 0 Å². The SMILES string of the molecule is CCOCC(=O)NC(C(=O)OC)c1ccccc1. The monoisotopic (exact) mass is 251 g/mol. The number of hydrogen-bond acceptors (Lipinski definition) is 4. The maximum Gasteiger partial charge on any atom is 0.333 e. The number of esters is 1. The minimum Gasteiger partial charge on any atom is -0.467 e. The number of ether oxygens (including phenoxy) is 2. The van der Waals surface area contributed by atoms with Gasteiger partial charge in [-0.1, -0.05) is 30.3 Å². The van der Waals surface area contributed by atoms with Crippen LogP contribution in [0.1, 0.15) is 18.5 Å². The van der Waals surface area contributed by atoms with Gasteiger partial charge in [-0.3, -0.25) is 4.79 Å². The number of carbonyl (C=O) groups excluding carboxylic acids is 2. The molecule has 5 nitrogen and oxygen atoms in total. The second-order valence-electron chi connectivity index (χ2n) is 3.57. The maximum atomic E-state index is 11.6. The number of methoxy groups -OCH3 is 1. The first kappa shape index (κ1) is 14.2. The third kappa shape index (κ3) is 4.18. The van der Waals surface area contributed by atoms with Crippen molar-refractivity contribution in [3.8, 4) is 0 Å². The molecule has 18 heavy (non-hydrogen) atoms. The summed E-state index contributed by atoms with van der Waals surface area (Å²) in [7, 11) is 1.28. The maximum absolute atomic E-state index is 11.6. The van der Waals surface area contributed by atoms with Crippen LogP contribution in [-0.4, -0.2) is 32.2 Å². The van der Waals surface area contributed by atoms with E-state index in [-0.39, 0.29) is 12.5 Å². The molecule has 5 heteroatoms. The molecule has 1 aromatic rings. The summed E-state index contributed by atoms with van der Waals surface area (Å²) >= 11 is 0. The van der Waals surface area contributed by atoms with Crippen molar-refractivity contribution in [3.05, 3.63) is 35.9 Å². The molecule has 0 saturated carbocycles. The highest BCUT2D eigenvalue weighted by Crippen LogP contribution is 2.13. The molecule has 98 valence electrons. The summed E-state index contributed by atoms with van der Waals surface area (Å²) in [6.07, 6.45) is 0. The number of benzene rings is 1. The van der Waals surface area contributed by atoms with Crippen molar-refractivity contribution in [1.82, 2.24) is 5.32 Å². The molecule has 0 fully saturated rings. The quantitative estimate of drug-likeness (QED) is 0.768. The predicted molar refractivity (Wildman–Crippen MR) is 65.8 cm³/mol. The van der Waals surface area contributed by atoms with Crippen molar-refractivity contribution in [2.45, 2.75) is 13.0 Å². The zero-order chi connectivity index (χ0) is 13.4. The van der Waals surface area contributed by atoms with Gasteiger partial charge in [0.05, 0.1) is 7.11 Å². The largest absolute Gasteiger partial charge is 0.467 e. The second-order valence-corrected chi connectivity index (χ2v) is 3.57. The lowest BCUT2D eigenvalue weighted by atomic mass is 10.1. The Bertz CT molecular complexity index is 391. The molecule has 0 heterocycles. The molecule has 0 saturated heterocycles. The molecule has 1 unspecified atom stereocenters. The molecule has 0 radical (unpaired) electrons. The van der Waals surface area contributed by atoms with Crippen molar-refractivity contribution in [2.75, 3.05) is 20.3 Å². The molecular weight excluding hydrogens is 234 g/mol. The van der Waals surface area contributed by atoms with E-state index in [0.29, 0.717) is 12.2 Å². The summed E-state index contributed by atoms with van der Waals surface area (Å²) < 4.78 is 9.66. The van der Waals surface area contributed by atoms with E-state index in [2.05, 4.69) is 10.1 Å². The summed E-state index contributed by atoms with van der Waals surface area (Å²) in [5, 5.41) is 2.58. The number of carbonyl (C=O) groups is 2. The lowest BCUT2D eigenvalue weighted by molar-refractivity contribution is -0.145. The number of amides is 1. The highest BCUT2D eigenvalue weighted by atomic mass is 16.5. The van der Waals surface area contributed by atoms with Gasteiger partial charge < -0.3 is 14.8 Å². The first-order chi connectivity index (χ1) is 8.69. The average molecular weight is 251 g/mol. The molecular formula is C13H17NO4. The number of rotatable bonds is 6. The zero-order valence-electron chi connectivity index (χ0n) is 10.5. The number of hydrogen-bond donors (Lipinski definition) is 1. The first-order valence-electron chi connectivity index (χ1n) is 5.69. The molecule has 0 aliphatic carbocycles. The third-order valence-corrected chi connectivity index (χ3v) is 2.31. The van der Waals surface area contributed by atoms with Crippen molar-refractivity contribution < 1.29 is 19.1 Å². The molecule has 0 bridgehead atoms. The summed E-state index contributed by atoms with van der Waals surface area (Å²) in [5.74, 6) is -0.859. The Morgan fingerprint density at radius 2 is 1.94 bits per heavy atom. The summed E-state index contributed by atoms with van der Waals surface area (Å²) in [6, 6.07) is 8.12. The van der Waals surface area contributed by atoms with Crippen LogP contribution in [-0.2, 0) is 19.1 Å². The predicted octanol–water partition coefficient (Wildman–Crippen LogP) is 1.05. The Kier molecular flexibility index (Phi) is 5.87. The van der Waals surface area contributed by atoms with Crippen LogP contribution >= 0.6 is 0 Å². The van der Waals surface area contributed by atoms with Crippen molar-refractivity contribution in [3.63, 3.8) is 0 Å². The van der Waals surface area contributed by atoms with E-state index in [1.54, 1.807) is 31.2 Å². The lowest BCUT2D eigenvalue weighted by Crippen LogP contribution is -2.36. The van der Waals surface area contributed by atoms with Gasteiger partial charge in [-0.25, -0.2) is 4.79 Å². The molecule has 0 aliphatic heterocycles. The third-order valence-electron chi connectivity index (χ3n) is 2.31. The molecule has 0 aliphatic rings. The van der Waals surface area contributed by atoms with Crippen LogP contribution in [0.3, 0.4) is 0 Å². The van der Waals surface area contributed by atoms with E-state index >= 15 is 0 Å². The van der Waals surface area contributed by atoms with Gasteiger partial charge in [-0.05, 0) is 12.5 Å². The van der Waals surface area contributed by atoms with Gasteiger partial charge in [-0.2, -0.15) is 0 Å². The average Bonchev–Trinajstić information content (AvgIpc) is 2.42. The molecule has 1 amide bonds. The first-order valence-corrected chi connectivity index (χ1v) is 5.69. The van der Waals surface area contributed by atoms with E-state index in [9.17, 15) is 9.59 Å². The normalized spacial score (nSPS) is 11.7. The fourth-order valence-electron chi connectivity index (χ4n) is 1.44. The standard InChI is InChI=1S/C13H17NO4/c1-3-18-9-11(15)14-12(13(16)17-2)10-7-5-4-6-8-10/h4-8,12H,3,9H2,1-2H3,(H,14,15). The van der Waals surface area contributed by atoms with Crippen molar-refractivity contribution in [1.29, 1.82) is 0 Å². The van der Waals surface area contributed by atoms with Gasteiger partial charge in [0, 0.05) is 6.61 Å². The Labute approximate surface area is 106 Å². The van der Waals surface area contributed by atoms with Gasteiger partial charge in [0.2, 0.25) is 5.91 Å². The molecule has 0 spiro atoms. The molecule has 1 aromatic carbocycles. The fraction of sp³-hybridized carbons (Fsp3) is 0.385. The zero-order valence-corrected chi connectivity index (χ0v) is 10.5. The minimum absolute atomic E-state index is 0.0726. The summed E-state index contributed by atoms with van der Waals surface area (Å²) in [4.78, 5) is 23.2. The lowest BCUT2D eigenvalue weighted by Gasteiger charge is -2.16. The molecule has 1 rings (SSSR count). The van der Waals surface area contributed by atoms with Crippen LogP contribution in [0.15, 0.2) is 30.3 Å². The highest BCUT2D eigenvalue weighted by molar-refractivity contribution is 5.86. The van der Waals surface area contributed by atoms with Crippen LogP contribution in [0.5, 0.6) is 0 Å². The fourth-order valence-corrected chi connectivity index (χ4v) is 1.44. The van der Waals surface area contributed by atoms with Gasteiger partial charge >= 0.3 is 5.97 Å². The van der Waals surface area contributed by atoms with Gasteiger partial charge in [-0.15, -0.1) is 0 Å².